The lowest BCUT2D eigenvalue weighted by Crippen LogP contribution is -2.39. The zero-order valence-electron chi connectivity index (χ0n) is 9.37. The summed E-state index contributed by atoms with van der Waals surface area (Å²) in [4.78, 5) is 23.1. The Hall–Kier alpha value is -2.12. The number of hydrogen-bond acceptors (Lipinski definition) is 2. The molecule has 1 atom stereocenters. The molecule has 1 unspecified atom stereocenters. The standard InChI is InChI=1S/C11H8F4N2O2/c12-7-4-2-1-3-6(7)8-9(18)17(10(19)16-8)5-11(13,14)15/h1-4,8H,5H2,(H,16,19). The molecule has 1 aromatic carbocycles. The second-order valence-corrected chi connectivity index (χ2v) is 3.94. The molecule has 1 fully saturated rings. The number of halogens is 4. The van der Waals surface area contributed by atoms with Crippen molar-refractivity contribution in [2.45, 2.75) is 12.2 Å². The van der Waals surface area contributed by atoms with Crippen LogP contribution in [0.1, 0.15) is 11.6 Å². The van der Waals surface area contributed by atoms with Crippen LogP contribution in [0.15, 0.2) is 24.3 Å². The van der Waals surface area contributed by atoms with E-state index in [1.165, 1.54) is 18.2 Å². The summed E-state index contributed by atoms with van der Waals surface area (Å²) in [5.41, 5.74) is -0.162. The maximum Gasteiger partial charge on any atom is 0.406 e. The molecule has 1 aromatic rings. The minimum atomic E-state index is -4.70. The summed E-state index contributed by atoms with van der Waals surface area (Å²) in [6.45, 7) is -1.69. The van der Waals surface area contributed by atoms with Crippen LogP contribution < -0.4 is 5.32 Å². The van der Waals surface area contributed by atoms with Gasteiger partial charge in [0.1, 0.15) is 18.4 Å². The summed E-state index contributed by atoms with van der Waals surface area (Å²) < 4.78 is 50.1. The number of nitrogens with zero attached hydrogens (tertiary/aromatic N) is 1. The molecule has 1 saturated heterocycles. The molecular formula is C11H8F4N2O2. The van der Waals surface area contributed by atoms with Gasteiger partial charge in [-0.05, 0) is 6.07 Å². The van der Waals surface area contributed by atoms with Crippen LogP contribution in [0.2, 0.25) is 0 Å². The molecular weight excluding hydrogens is 268 g/mol. The van der Waals surface area contributed by atoms with E-state index < -0.39 is 36.5 Å². The minimum absolute atomic E-state index is 0.0249. The van der Waals surface area contributed by atoms with Crippen LogP contribution in [0.5, 0.6) is 0 Å². The zero-order valence-corrected chi connectivity index (χ0v) is 9.37. The molecule has 0 saturated carbocycles. The van der Waals surface area contributed by atoms with Crippen molar-refractivity contribution < 1.29 is 27.2 Å². The van der Waals surface area contributed by atoms with Crippen LogP contribution in [0, 0.1) is 5.82 Å². The van der Waals surface area contributed by atoms with Crippen molar-refractivity contribution >= 4 is 11.9 Å². The van der Waals surface area contributed by atoms with Crippen molar-refractivity contribution in [3.8, 4) is 0 Å². The first kappa shape index (κ1) is 13.3. The van der Waals surface area contributed by atoms with E-state index in [1.807, 2.05) is 5.32 Å². The number of urea groups is 1. The number of benzene rings is 1. The Labute approximate surface area is 105 Å². The highest BCUT2D eigenvalue weighted by atomic mass is 19.4. The fraction of sp³-hybridized carbons (Fsp3) is 0.273. The molecule has 102 valence electrons. The lowest BCUT2D eigenvalue weighted by Gasteiger charge is -2.15. The van der Waals surface area contributed by atoms with Gasteiger partial charge in [-0.15, -0.1) is 0 Å². The van der Waals surface area contributed by atoms with E-state index in [2.05, 4.69) is 0 Å². The number of alkyl halides is 3. The minimum Gasteiger partial charge on any atom is -0.322 e. The third-order valence-electron chi connectivity index (χ3n) is 2.58. The van der Waals surface area contributed by atoms with Gasteiger partial charge in [-0.3, -0.25) is 9.69 Å². The monoisotopic (exact) mass is 276 g/mol. The largest absolute Gasteiger partial charge is 0.406 e. The Kier molecular flexibility index (Phi) is 3.17. The predicted octanol–water partition coefficient (Wildman–Crippen LogP) is 1.98. The van der Waals surface area contributed by atoms with Crippen molar-refractivity contribution in [2.75, 3.05) is 6.54 Å². The van der Waals surface area contributed by atoms with Crippen LogP contribution in [-0.2, 0) is 4.79 Å². The quantitative estimate of drug-likeness (QED) is 0.663. The van der Waals surface area contributed by atoms with Crippen molar-refractivity contribution in [1.29, 1.82) is 0 Å². The van der Waals surface area contributed by atoms with Crippen molar-refractivity contribution in [3.05, 3.63) is 35.6 Å². The van der Waals surface area contributed by atoms with Crippen molar-refractivity contribution in [2.24, 2.45) is 0 Å². The molecule has 19 heavy (non-hydrogen) atoms. The molecule has 2 rings (SSSR count). The van der Waals surface area contributed by atoms with Crippen LogP contribution in [0.25, 0.3) is 0 Å². The van der Waals surface area contributed by atoms with E-state index in [0.717, 1.165) is 6.07 Å². The number of imide groups is 1. The molecule has 1 aliphatic rings. The summed E-state index contributed by atoms with van der Waals surface area (Å²) in [5, 5.41) is 2.03. The first-order chi connectivity index (χ1) is 8.79. The summed E-state index contributed by atoms with van der Waals surface area (Å²) >= 11 is 0. The molecule has 0 bridgehead atoms. The van der Waals surface area contributed by atoms with Crippen LogP contribution >= 0.6 is 0 Å². The lowest BCUT2D eigenvalue weighted by molar-refractivity contribution is -0.153. The third-order valence-corrected chi connectivity index (χ3v) is 2.58. The molecule has 0 spiro atoms. The lowest BCUT2D eigenvalue weighted by atomic mass is 10.1. The van der Waals surface area contributed by atoms with Gasteiger partial charge in [-0.2, -0.15) is 13.2 Å². The normalized spacial score (nSPS) is 19.8. The number of carbonyl (C=O) groups is 2. The van der Waals surface area contributed by atoms with E-state index in [4.69, 9.17) is 0 Å². The van der Waals surface area contributed by atoms with Crippen LogP contribution in [0.4, 0.5) is 22.4 Å². The highest BCUT2D eigenvalue weighted by Gasteiger charge is 2.45. The molecule has 3 amide bonds. The van der Waals surface area contributed by atoms with E-state index in [0.29, 0.717) is 0 Å². The Morgan fingerprint density at radius 2 is 1.84 bits per heavy atom. The molecule has 0 aliphatic carbocycles. The van der Waals surface area contributed by atoms with Gasteiger partial charge >= 0.3 is 12.2 Å². The Balaban J connectivity index is 2.26. The van der Waals surface area contributed by atoms with Crippen LogP contribution in [-0.4, -0.2) is 29.6 Å². The average Bonchev–Trinajstić information content (AvgIpc) is 2.56. The van der Waals surface area contributed by atoms with Crippen molar-refractivity contribution in [1.82, 2.24) is 10.2 Å². The number of hydrogen-bond donors (Lipinski definition) is 1. The zero-order chi connectivity index (χ0) is 14.2. The van der Waals surface area contributed by atoms with E-state index >= 15 is 0 Å². The van der Waals surface area contributed by atoms with Gasteiger partial charge in [0.15, 0.2) is 0 Å². The fourth-order valence-corrected chi connectivity index (χ4v) is 1.77. The topological polar surface area (TPSA) is 49.4 Å². The molecule has 1 heterocycles. The highest BCUT2D eigenvalue weighted by molar-refractivity contribution is 6.04. The second-order valence-electron chi connectivity index (χ2n) is 3.94. The van der Waals surface area contributed by atoms with E-state index in [9.17, 15) is 27.2 Å². The molecule has 4 nitrogen and oxygen atoms in total. The number of rotatable bonds is 2. The number of carbonyl (C=O) groups excluding carboxylic acids is 2. The molecule has 0 radical (unpaired) electrons. The fourth-order valence-electron chi connectivity index (χ4n) is 1.77. The van der Waals surface area contributed by atoms with Gasteiger partial charge in [0.2, 0.25) is 0 Å². The van der Waals surface area contributed by atoms with Gasteiger partial charge in [-0.25, -0.2) is 9.18 Å². The Bertz CT molecular complexity index is 530. The van der Waals surface area contributed by atoms with Gasteiger partial charge in [-0.1, -0.05) is 18.2 Å². The van der Waals surface area contributed by atoms with Gasteiger partial charge in [0.05, 0.1) is 0 Å². The van der Waals surface area contributed by atoms with Crippen molar-refractivity contribution in [3.63, 3.8) is 0 Å². The first-order valence-electron chi connectivity index (χ1n) is 5.22. The summed E-state index contributed by atoms with van der Waals surface area (Å²) in [5.74, 6) is -1.89. The third kappa shape index (κ3) is 2.67. The maximum absolute atomic E-state index is 13.5. The Morgan fingerprint density at radius 3 is 2.42 bits per heavy atom. The first-order valence-corrected chi connectivity index (χ1v) is 5.22. The molecule has 0 aromatic heterocycles. The number of amides is 3. The smallest absolute Gasteiger partial charge is 0.322 e. The summed E-state index contributed by atoms with van der Waals surface area (Å²) in [6, 6.07) is 2.47. The Morgan fingerprint density at radius 1 is 1.21 bits per heavy atom. The highest BCUT2D eigenvalue weighted by Crippen LogP contribution is 2.26. The maximum atomic E-state index is 13.5. The molecule has 1 aliphatic heterocycles. The van der Waals surface area contributed by atoms with Gasteiger partial charge in [0.25, 0.3) is 5.91 Å². The average molecular weight is 276 g/mol. The second kappa shape index (κ2) is 4.52. The van der Waals surface area contributed by atoms with E-state index in [-0.39, 0.29) is 10.5 Å². The summed E-state index contributed by atoms with van der Waals surface area (Å²) in [6.07, 6.45) is -4.70. The SMILES string of the molecule is O=C1NC(c2ccccc2F)C(=O)N1CC(F)(F)F. The van der Waals surface area contributed by atoms with Gasteiger partial charge in [0, 0.05) is 5.56 Å². The number of nitrogens with one attached hydrogen (secondary N) is 1. The summed E-state index contributed by atoms with van der Waals surface area (Å²) in [7, 11) is 0. The molecule has 1 N–H and O–H groups in total. The van der Waals surface area contributed by atoms with E-state index in [1.54, 1.807) is 0 Å². The molecule has 8 heteroatoms. The van der Waals surface area contributed by atoms with Gasteiger partial charge < -0.3 is 5.32 Å². The predicted molar refractivity (Wildman–Crippen MR) is 55.4 cm³/mol. The van der Waals surface area contributed by atoms with Crippen LogP contribution in [0.3, 0.4) is 0 Å².